The zero-order valence-electron chi connectivity index (χ0n) is 15.3. The van der Waals surface area contributed by atoms with E-state index < -0.39 is 5.60 Å². The van der Waals surface area contributed by atoms with Gasteiger partial charge in [-0.25, -0.2) is 0 Å². The van der Waals surface area contributed by atoms with Gasteiger partial charge in [0.1, 0.15) is 0 Å². The van der Waals surface area contributed by atoms with Crippen molar-refractivity contribution in [1.82, 2.24) is 10.6 Å². The van der Waals surface area contributed by atoms with E-state index in [0.717, 1.165) is 12.5 Å². The predicted molar refractivity (Wildman–Crippen MR) is 105 cm³/mol. The van der Waals surface area contributed by atoms with Crippen molar-refractivity contribution >= 4 is 29.9 Å². The number of hydrogen-bond acceptors (Lipinski definition) is 3. The average Bonchev–Trinajstić information content (AvgIpc) is 2.43. The van der Waals surface area contributed by atoms with Gasteiger partial charge in [-0.3, -0.25) is 4.99 Å². The summed E-state index contributed by atoms with van der Waals surface area (Å²) in [5, 5.41) is 16.8. The highest BCUT2D eigenvalue weighted by Gasteiger charge is 2.25. The number of ether oxygens (including phenoxy) is 1. The number of hydrogen-bond donors (Lipinski definition) is 3. The van der Waals surface area contributed by atoms with Crippen LogP contribution in [0.3, 0.4) is 0 Å². The minimum atomic E-state index is -0.715. The summed E-state index contributed by atoms with van der Waals surface area (Å²) < 4.78 is 5.54. The maximum absolute atomic E-state index is 10.3. The number of nitrogens with zero attached hydrogens (tertiary/aromatic N) is 1. The number of nitrogens with one attached hydrogen (secondary N) is 2. The molecule has 0 amide bonds. The topological polar surface area (TPSA) is 65.9 Å². The third kappa shape index (κ3) is 9.15. The van der Waals surface area contributed by atoms with Crippen molar-refractivity contribution < 1.29 is 9.84 Å². The maximum Gasteiger partial charge on any atom is 0.191 e. The van der Waals surface area contributed by atoms with E-state index in [-0.39, 0.29) is 35.5 Å². The summed E-state index contributed by atoms with van der Waals surface area (Å²) in [6.45, 7) is 14.3. The molecule has 0 aliphatic carbocycles. The lowest BCUT2D eigenvalue weighted by atomic mass is 9.89. The number of aliphatic hydroxyl groups is 1. The highest BCUT2D eigenvalue weighted by Crippen LogP contribution is 2.21. The van der Waals surface area contributed by atoms with Gasteiger partial charge in [0, 0.05) is 20.2 Å². The average molecular weight is 429 g/mol. The Morgan fingerprint density at radius 2 is 1.68 bits per heavy atom. The van der Waals surface area contributed by atoms with E-state index >= 15 is 0 Å². The number of rotatable bonds is 8. The van der Waals surface area contributed by atoms with Gasteiger partial charge in [-0.2, -0.15) is 0 Å². The molecule has 0 heterocycles. The molecule has 0 fully saturated rings. The van der Waals surface area contributed by atoms with Gasteiger partial charge in [0.25, 0.3) is 0 Å². The van der Waals surface area contributed by atoms with Crippen LogP contribution in [0, 0.1) is 5.41 Å². The third-order valence-corrected chi connectivity index (χ3v) is 3.90. The normalized spacial score (nSPS) is 14.3. The van der Waals surface area contributed by atoms with Crippen LogP contribution in [0.5, 0.6) is 0 Å². The molecule has 5 nitrogen and oxygen atoms in total. The minimum Gasteiger partial charge on any atom is -0.388 e. The molecule has 0 aliphatic heterocycles. The summed E-state index contributed by atoms with van der Waals surface area (Å²) >= 11 is 0. The minimum absolute atomic E-state index is 0. The first kappa shape index (κ1) is 24.2. The van der Waals surface area contributed by atoms with Gasteiger partial charge in [-0.1, -0.05) is 34.6 Å². The molecule has 22 heavy (non-hydrogen) atoms. The van der Waals surface area contributed by atoms with Crippen molar-refractivity contribution in [3.8, 4) is 0 Å². The lowest BCUT2D eigenvalue weighted by Gasteiger charge is -2.30. The predicted octanol–water partition coefficient (Wildman–Crippen LogP) is 2.77. The molecule has 0 bridgehead atoms. The van der Waals surface area contributed by atoms with E-state index in [2.05, 4.69) is 36.4 Å². The molecular weight excluding hydrogens is 393 g/mol. The molecule has 0 rings (SSSR count). The van der Waals surface area contributed by atoms with E-state index in [9.17, 15) is 5.11 Å². The summed E-state index contributed by atoms with van der Waals surface area (Å²) in [6, 6.07) is 0. The van der Waals surface area contributed by atoms with Crippen LogP contribution in [0.2, 0.25) is 0 Å². The zero-order valence-corrected chi connectivity index (χ0v) is 17.7. The molecule has 0 radical (unpaired) electrons. The molecule has 0 aromatic rings. The van der Waals surface area contributed by atoms with Crippen LogP contribution in [-0.2, 0) is 4.74 Å². The Labute approximate surface area is 153 Å². The molecule has 1 unspecified atom stereocenters. The fraction of sp³-hybridized carbons (Fsp3) is 0.938. The Morgan fingerprint density at radius 3 is 2.05 bits per heavy atom. The molecular formula is C16H36IN3O2. The van der Waals surface area contributed by atoms with Crippen molar-refractivity contribution in [3.05, 3.63) is 0 Å². The second-order valence-corrected chi connectivity index (χ2v) is 6.60. The Kier molecular flexibility index (Phi) is 12.6. The van der Waals surface area contributed by atoms with Crippen LogP contribution in [0.1, 0.15) is 54.4 Å². The van der Waals surface area contributed by atoms with E-state index in [1.165, 1.54) is 0 Å². The van der Waals surface area contributed by atoms with E-state index in [4.69, 9.17) is 4.74 Å². The Hall–Kier alpha value is -0.0800. The summed E-state index contributed by atoms with van der Waals surface area (Å²) in [4.78, 5) is 4.50. The van der Waals surface area contributed by atoms with Gasteiger partial charge in [0.2, 0.25) is 0 Å². The smallest absolute Gasteiger partial charge is 0.191 e. The molecule has 0 aromatic heterocycles. The first-order valence-corrected chi connectivity index (χ1v) is 7.99. The van der Waals surface area contributed by atoms with Crippen molar-refractivity contribution in [3.63, 3.8) is 0 Å². The number of aliphatic imine (C=N–C) groups is 1. The van der Waals surface area contributed by atoms with Crippen LogP contribution in [0.4, 0.5) is 0 Å². The van der Waals surface area contributed by atoms with Crippen molar-refractivity contribution in [2.45, 2.75) is 66.1 Å². The Morgan fingerprint density at radius 1 is 1.14 bits per heavy atom. The first-order chi connectivity index (χ1) is 9.72. The first-order valence-electron chi connectivity index (χ1n) is 7.99. The largest absolute Gasteiger partial charge is 0.388 e. The lowest BCUT2D eigenvalue weighted by Crippen LogP contribution is -2.46. The van der Waals surface area contributed by atoms with Crippen molar-refractivity contribution in [1.29, 1.82) is 0 Å². The molecule has 0 saturated carbocycles. The second-order valence-electron chi connectivity index (χ2n) is 6.60. The Balaban J connectivity index is 0. The van der Waals surface area contributed by atoms with Gasteiger partial charge in [0.15, 0.2) is 5.96 Å². The molecule has 0 aromatic carbocycles. The fourth-order valence-corrected chi connectivity index (χ4v) is 1.97. The van der Waals surface area contributed by atoms with Crippen LogP contribution in [0.15, 0.2) is 4.99 Å². The summed E-state index contributed by atoms with van der Waals surface area (Å²) in [7, 11) is 1.73. The summed E-state index contributed by atoms with van der Waals surface area (Å²) in [6.07, 6.45) is 1.50. The van der Waals surface area contributed by atoms with Gasteiger partial charge < -0.3 is 20.5 Å². The zero-order chi connectivity index (χ0) is 16.5. The van der Waals surface area contributed by atoms with Crippen LogP contribution >= 0.6 is 24.0 Å². The quantitative estimate of drug-likeness (QED) is 0.316. The highest BCUT2D eigenvalue weighted by atomic mass is 127. The van der Waals surface area contributed by atoms with E-state index in [1.54, 1.807) is 7.11 Å². The fourth-order valence-electron chi connectivity index (χ4n) is 1.97. The highest BCUT2D eigenvalue weighted by molar-refractivity contribution is 14.0. The van der Waals surface area contributed by atoms with Gasteiger partial charge in [-0.15, -0.1) is 24.0 Å². The standard InChI is InChI=1S/C16H35N3O2.HI/c1-8-16(20,9-2)12-19-14(17-10-3)18-11-13(21-7)15(4,5)6;/h13,20H,8-12H2,1-7H3,(H2,17,18,19);1H. The molecule has 134 valence electrons. The second kappa shape index (κ2) is 11.5. The van der Waals surface area contributed by atoms with E-state index in [0.29, 0.717) is 25.9 Å². The number of guanidine groups is 1. The number of halogens is 1. The molecule has 0 aliphatic rings. The van der Waals surface area contributed by atoms with Crippen LogP contribution in [0.25, 0.3) is 0 Å². The molecule has 6 heteroatoms. The molecule has 0 saturated heterocycles. The summed E-state index contributed by atoms with van der Waals surface area (Å²) in [5.41, 5.74) is -0.653. The monoisotopic (exact) mass is 429 g/mol. The summed E-state index contributed by atoms with van der Waals surface area (Å²) in [5.74, 6) is 0.726. The molecule has 0 spiro atoms. The lowest BCUT2D eigenvalue weighted by molar-refractivity contribution is 0.0204. The van der Waals surface area contributed by atoms with Crippen molar-refractivity contribution in [2.24, 2.45) is 10.4 Å². The SMILES string of the molecule is CCNC(=NCC(O)(CC)CC)NCC(OC)C(C)(C)C.I. The third-order valence-electron chi connectivity index (χ3n) is 3.90. The molecule has 3 N–H and O–H groups in total. The van der Waals surface area contributed by atoms with E-state index in [1.807, 2.05) is 20.8 Å². The van der Waals surface area contributed by atoms with Crippen LogP contribution in [-0.4, -0.2) is 49.5 Å². The van der Waals surface area contributed by atoms with Gasteiger partial charge in [0.05, 0.1) is 18.2 Å². The van der Waals surface area contributed by atoms with Crippen LogP contribution < -0.4 is 10.6 Å². The van der Waals surface area contributed by atoms with Gasteiger partial charge in [-0.05, 0) is 25.2 Å². The number of methoxy groups -OCH3 is 1. The van der Waals surface area contributed by atoms with Gasteiger partial charge >= 0.3 is 0 Å². The van der Waals surface area contributed by atoms with Crippen molar-refractivity contribution in [2.75, 3.05) is 26.7 Å². The molecule has 1 atom stereocenters. The maximum atomic E-state index is 10.3. The Bertz CT molecular complexity index is 313.